The maximum absolute atomic E-state index is 14.4. The van der Waals surface area contributed by atoms with Crippen LogP contribution in [0.3, 0.4) is 0 Å². The van der Waals surface area contributed by atoms with Gasteiger partial charge in [-0.1, -0.05) is 81.5 Å². The zero-order valence-electron chi connectivity index (χ0n) is 67.4. The van der Waals surface area contributed by atoms with Gasteiger partial charge in [0.25, 0.3) is 38.0 Å². The predicted molar refractivity (Wildman–Crippen MR) is 434 cm³/mol. The number of benzene rings is 3. The average Bonchev–Trinajstić information content (AvgIpc) is 0.901. The predicted octanol–water partition coefficient (Wildman–Crippen LogP) is 5.66. The van der Waals surface area contributed by atoms with Crippen LogP contribution in [-0.4, -0.2) is 258 Å². The number of carboxylic acids is 2. The van der Waals surface area contributed by atoms with Crippen LogP contribution in [0.4, 0.5) is 15.7 Å². The molecule has 6 amide bonds. The Labute approximate surface area is 697 Å². The average molecular weight is 1720 g/mol. The van der Waals surface area contributed by atoms with E-state index < -0.39 is 165 Å². The molecular formula is C82H102N10O25S3. The van der Waals surface area contributed by atoms with E-state index >= 15 is 0 Å². The summed E-state index contributed by atoms with van der Waals surface area (Å²) in [5.74, 6) is -9.47. The first-order valence-electron chi connectivity index (χ1n) is 39.8. The van der Waals surface area contributed by atoms with Crippen molar-refractivity contribution < 1.29 is 118 Å². The number of aromatic carboxylic acids is 1. The van der Waals surface area contributed by atoms with Gasteiger partial charge in [0, 0.05) is 106 Å². The summed E-state index contributed by atoms with van der Waals surface area (Å²) in [5.41, 5.74) is 4.63. The second-order valence-corrected chi connectivity index (χ2v) is 36.7. The zero-order chi connectivity index (χ0) is 86.9. The van der Waals surface area contributed by atoms with Crippen molar-refractivity contribution in [3.05, 3.63) is 136 Å². The summed E-state index contributed by atoms with van der Waals surface area (Å²) in [6.07, 6.45) is -3.52. The molecule has 3 fully saturated rings. The highest BCUT2D eigenvalue weighted by atomic mass is 32.2. The number of hydrogen-bond donors (Lipinski definition) is 9. The number of ether oxygens (including phenoxy) is 4. The molecule has 6 aromatic rings. The highest BCUT2D eigenvalue weighted by molar-refractivity contribution is 7.86. The van der Waals surface area contributed by atoms with Gasteiger partial charge in [-0.25, -0.2) is 24.4 Å². The molecule has 120 heavy (non-hydrogen) atoms. The van der Waals surface area contributed by atoms with E-state index in [2.05, 4.69) is 29.5 Å². The van der Waals surface area contributed by atoms with Crippen molar-refractivity contribution in [3.8, 4) is 11.1 Å². The van der Waals surface area contributed by atoms with E-state index in [4.69, 9.17) is 33.6 Å². The van der Waals surface area contributed by atoms with Crippen molar-refractivity contribution in [1.82, 2.24) is 39.8 Å². The van der Waals surface area contributed by atoms with Gasteiger partial charge >= 0.3 is 18.0 Å². The van der Waals surface area contributed by atoms with Crippen molar-refractivity contribution in [2.45, 2.75) is 174 Å². The Morgan fingerprint density at radius 2 is 1.52 bits per heavy atom. The van der Waals surface area contributed by atoms with Gasteiger partial charge in [-0.05, 0) is 147 Å². The maximum Gasteiger partial charge on any atom is 0.410 e. The molecule has 38 heteroatoms. The van der Waals surface area contributed by atoms with Crippen LogP contribution >= 0.6 is 11.3 Å². The Bertz CT molecular complexity index is 5080. The third kappa shape index (κ3) is 23.2. The molecule has 2 aliphatic carbocycles. The number of aliphatic hydroxyl groups excluding tert-OH is 3. The topological polar surface area (TPSA) is 498 Å². The number of anilines is 2. The number of rotatable bonds is 39. The van der Waals surface area contributed by atoms with Crippen LogP contribution in [0.25, 0.3) is 21.3 Å². The molecule has 3 aliphatic heterocycles. The summed E-state index contributed by atoms with van der Waals surface area (Å²) in [6.45, 7) is 9.13. The number of carbonyl (C=O) groups is 10. The molecule has 2 saturated carbocycles. The first-order chi connectivity index (χ1) is 56.7. The van der Waals surface area contributed by atoms with Gasteiger partial charge in [-0.2, -0.15) is 21.9 Å². The molecular weight excluding hydrogens is 1620 g/mol. The number of para-hydroxylation sites is 1. The number of hydrogen-bond acceptors (Lipinski definition) is 26. The molecule has 3 aromatic heterocycles. The van der Waals surface area contributed by atoms with E-state index in [0.717, 1.165) is 56.1 Å². The minimum atomic E-state index is -4.66. The highest BCUT2D eigenvalue weighted by Gasteiger charge is 2.52. The second kappa shape index (κ2) is 38.9. The molecule has 0 spiro atoms. The monoisotopic (exact) mass is 1720 g/mol. The van der Waals surface area contributed by atoms with E-state index in [0.29, 0.717) is 100 Å². The highest BCUT2D eigenvalue weighted by Crippen LogP contribution is 2.56. The number of pyridine rings is 1. The number of nitrogens with zero attached hydrogens (tertiary/aromatic N) is 8. The molecule has 35 nitrogen and oxygen atoms in total. The number of aliphatic carboxylic acids is 1. The van der Waals surface area contributed by atoms with Gasteiger partial charge in [0.2, 0.25) is 11.8 Å². The summed E-state index contributed by atoms with van der Waals surface area (Å²) in [6, 6.07) is 20.2. The third-order valence-electron chi connectivity index (χ3n) is 22.9. The Morgan fingerprint density at radius 1 is 0.792 bits per heavy atom. The number of amides is 6. The van der Waals surface area contributed by atoms with Crippen molar-refractivity contribution in [3.63, 3.8) is 0 Å². The fourth-order valence-electron chi connectivity index (χ4n) is 17.2. The minimum Gasteiger partial charge on any atom is -0.479 e. The SMILES string of the molecule is Cc1c(-c2ccc(N3CCc4cccc(C(=O)Nc5nc6ccccc6s5)c4C3)nc2C(=O)O)cnn1CC1CC2(C)CC(C)CC(OCCN(CCS(=O)(=O)O)C(=O)OCc3ccc(CC(=O)[C@H](C)NC(=O)[C@@H](CC(=O)CCN(CCOCCS(=O)(=O)O)C(=O)CN4C(=O)C=CC4=O)C(C)C)cc3CC[C@@H]3O[C@H](C(=O)O)[C@@H](O)[C@H](O)[C@H]3O)(C1)C2. The smallest absolute Gasteiger partial charge is 0.410 e. The summed E-state index contributed by atoms with van der Waals surface area (Å²) >= 11 is 1.38. The quantitative estimate of drug-likeness (QED) is 0.0128. The summed E-state index contributed by atoms with van der Waals surface area (Å²) in [5, 5.41) is 63.7. The van der Waals surface area contributed by atoms with Gasteiger partial charge < -0.3 is 64.5 Å². The van der Waals surface area contributed by atoms with E-state index in [-0.39, 0.29) is 93.8 Å². The summed E-state index contributed by atoms with van der Waals surface area (Å²) < 4.78 is 92.6. The molecule has 2 bridgehead atoms. The van der Waals surface area contributed by atoms with Crippen LogP contribution in [0.15, 0.2) is 91.1 Å². The lowest BCUT2D eigenvalue weighted by Gasteiger charge is -2.55. The van der Waals surface area contributed by atoms with E-state index in [9.17, 15) is 94.9 Å². The first kappa shape index (κ1) is 90.9. The third-order valence-corrected chi connectivity index (χ3v) is 25.3. The Balaban J connectivity index is 0.734. The molecule has 1 saturated heterocycles. The lowest BCUT2D eigenvalue weighted by atomic mass is 9.55. The second-order valence-electron chi connectivity index (χ2n) is 32.5. The number of carbonyl (C=O) groups excluding carboxylic acids is 8. The van der Waals surface area contributed by atoms with Crippen LogP contribution in [0.5, 0.6) is 0 Å². The molecule has 11 atom stereocenters. The van der Waals surface area contributed by atoms with Gasteiger partial charge in [0.05, 0.1) is 65.5 Å². The number of aryl methyl sites for hydroxylation is 1. The fraction of sp³-hybridized carbons (Fsp3) is 0.524. The Morgan fingerprint density at radius 3 is 2.23 bits per heavy atom. The number of imide groups is 1. The van der Waals surface area contributed by atoms with Gasteiger partial charge in [-0.15, -0.1) is 0 Å². The van der Waals surface area contributed by atoms with Crippen LogP contribution in [-0.2, 0) is 112 Å². The lowest BCUT2D eigenvalue weighted by Crippen LogP contribution is -2.59. The van der Waals surface area contributed by atoms with Crippen molar-refractivity contribution >= 4 is 112 Å². The zero-order valence-corrected chi connectivity index (χ0v) is 69.8. The van der Waals surface area contributed by atoms with Crippen LogP contribution in [0, 0.1) is 36.0 Å². The number of aromatic nitrogens is 4. The van der Waals surface area contributed by atoms with Crippen LogP contribution < -0.4 is 15.5 Å². The number of nitrogens with one attached hydrogen (secondary N) is 2. The number of fused-ring (bicyclic) bond motifs is 4. The number of Topliss-reactive ketones (excluding diaryl/α,β-unsaturated/α-hetero) is 2. The normalized spacial score (nSPS) is 22.2. The Hall–Kier alpha value is -9.87. The number of aliphatic hydroxyl groups is 3. The molecule has 9 N–H and O–H groups in total. The van der Waals surface area contributed by atoms with E-state index in [1.165, 1.54) is 24.3 Å². The molecule has 0 radical (unpaired) electrons. The number of carboxylic acid groups (broad SMARTS) is 2. The van der Waals surface area contributed by atoms with Gasteiger partial charge in [-0.3, -0.25) is 57.6 Å². The summed E-state index contributed by atoms with van der Waals surface area (Å²) in [7, 11) is -9.02. The largest absolute Gasteiger partial charge is 0.479 e. The molecule has 3 aromatic carbocycles. The van der Waals surface area contributed by atoms with Gasteiger partial charge in [0.15, 0.2) is 22.7 Å². The number of ketones is 2. The molecule has 5 aliphatic rings. The lowest BCUT2D eigenvalue weighted by molar-refractivity contribution is -0.228. The van der Waals surface area contributed by atoms with Crippen molar-refractivity contribution in [2.24, 2.45) is 29.1 Å². The van der Waals surface area contributed by atoms with Gasteiger partial charge in [0.1, 0.15) is 43.1 Å². The number of thiazole rings is 1. The van der Waals surface area contributed by atoms with E-state index in [1.54, 1.807) is 50.4 Å². The molecule has 6 heterocycles. The Kier molecular flexibility index (Phi) is 29.5. The van der Waals surface area contributed by atoms with Crippen molar-refractivity contribution in [2.75, 3.05) is 80.8 Å². The maximum atomic E-state index is 14.4. The fourth-order valence-corrected chi connectivity index (χ4v) is 18.8. The summed E-state index contributed by atoms with van der Waals surface area (Å²) in [4.78, 5) is 147. The molecule has 648 valence electrons. The first-order valence-corrected chi connectivity index (χ1v) is 43.8. The minimum absolute atomic E-state index is 0.0109. The van der Waals surface area contributed by atoms with Crippen LogP contribution in [0.2, 0.25) is 0 Å². The van der Waals surface area contributed by atoms with E-state index in [1.807, 2.05) is 52.9 Å². The van der Waals surface area contributed by atoms with Crippen molar-refractivity contribution in [1.29, 1.82) is 0 Å². The molecule has 4 unspecified atom stereocenters. The van der Waals surface area contributed by atoms with Crippen LogP contribution in [0.1, 0.15) is 140 Å². The molecule has 11 rings (SSSR count). The standard InChI is InChI=1S/C82H102N10O25S3/c1-47(2)59(36-56(93)23-25-88(26-29-114-31-33-120(111,112)113)69(97)44-91-67(95)20-21-68(91)96)76(102)84-49(4)63(94)35-51-14-15-55(54(34-51)16-18-64-71(98)72(99)73(100)74(117-64)78(105)106)45-115-80(107)89(28-32-119(108,109)110)27-30-116-82-38-48(3)37-81(6,46-82)39-52(40-82)42-92-50(5)60(41-83-92)57-17-19-66(86-70(57)77(103)104)90-24-22-53-10-9-11-58(61(53)43-90)75(101)87-79-85-62-12-7-8-13-65(62)118-79/h7-15,17,19-21,34,41,47-49,52,59,64,71-74,98-100H,16,18,22-33,35-40,42-46H2,1-6H3,(H,84,102)(H,103,104)(H,105,106)(H,85,87,101)(H,108,109,110)(H,111,112,113)/t48?,49-,52?,59-,64-,71-,72+,73-,74-,81?,82?/m0/s1.